The number of urea groups is 1. The first-order chi connectivity index (χ1) is 11.5. The molecule has 0 aliphatic carbocycles. The third-order valence-corrected chi connectivity index (χ3v) is 4.63. The van der Waals surface area contributed by atoms with Gasteiger partial charge < -0.3 is 10.6 Å². The highest BCUT2D eigenvalue weighted by Gasteiger charge is 2.51. The van der Waals surface area contributed by atoms with Crippen LogP contribution >= 0.6 is 0 Å². The second-order valence-electron chi connectivity index (χ2n) is 6.03. The molecule has 6 nitrogen and oxygen atoms in total. The molecule has 1 aliphatic heterocycles. The van der Waals surface area contributed by atoms with Crippen molar-refractivity contribution >= 4 is 17.8 Å². The van der Waals surface area contributed by atoms with Crippen molar-refractivity contribution < 1.29 is 14.4 Å². The van der Waals surface area contributed by atoms with Gasteiger partial charge in [-0.25, -0.2) is 4.79 Å². The van der Waals surface area contributed by atoms with Gasteiger partial charge in [-0.05, 0) is 24.8 Å². The van der Waals surface area contributed by atoms with Crippen molar-refractivity contribution in [1.82, 2.24) is 15.5 Å². The summed E-state index contributed by atoms with van der Waals surface area (Å²) < 4.78 is 0. The van der Waals surface area contributed by atoms with E-state index in [1.165, 1.54) is 0 Å². The first-order valence-electron chi connectivity index (χ1n) is 8.47. The van der Waals surface area contributed by atoms with E-state index in [1.807, 2.05) is 51.1 Å². The van der Waals surface area contributed by atoms with Crippen LogP contribution in [0.3, 0.4) is 0 Å². The molecule has 1 aromatic rings. The molecule has 4 amide bonds. The monoisotopic (exact) mass is 331 g/mol. The van der Waals surface area contributed by atoms with E-state index in [1.54, 1.807) is 0 Å². The average molecular weight is 331 g/mol. The van der Waals surface area contributed by atoms with Gasteiger partial charge in [0.1, 0.15) is 12.1 Å². The maximum Gasteiger partial charge on any atom is 0.325 e. The molecule has 0 saturated carbocycles. The number of nitrogens with zero attached hydrogens (tertiary/aromatic N) is 1. The third-order valence-electron chi connectivity index (χ3n) is 4.63. The zero-order valence-corrected chi connectivity index (χ0v) is 14.5. The topological polar surface area (TPSA) is 78.5 Å². The molecular weight excluding hydrogens is 306 g/mol. The SMILES string of the molecule is CCC(CC)NC(=O)CN1C(=O)N[C@@](CC)(c2ccccc2)C1=O. The van der Waals surface area contributed by atoms with Gasteiger partial charge in [-0.3, -0.25) is 14.5 Å². The minimum Gasteiger partial charge on any atom is -0.352 e. The molecule has 1 aliphatic rings. The molecule has 2 rings (SSSR count). The molecular formula is C18H25N3O3. The largest absolute Gasteiger partial charge is 0.352 e. The van der Waals surface area contributed by atoms with Gasteiger partial charge in [0.25, 0.3) is 5.91 Å². The van der Waals surface area contributed by atoms with E-state index >= 15 is 0 Å². The second-order valence-corrected chi connectivity index (χ2v) is 6.03. The van der Waals surface area contributed by atoms with Crippen LogP contribution in [0.15, 0.2) is 30.3 Å². The first kappa shape index (κ1) is 18.0. The summed E-state index contributed by atoms with van der Waals surface area (Å²) in [6.07, 6.45) is 2.04. The zero-order chi connectivity index (χ0) is 17.7. The molecule has 0 aromatic heterocycles. The Balaban J connectivity index is 2.18. The van der Waals surface area contributed by atoms with Crippen molar-refractivity contribution in [2.24, 2.45) is 0 Å². The van der Waals surface area contributed by atoms with E-state index in [2.05, 4.69) is 10.6 Å². The summed E-state index contributed by atoms with van der Waals surface area (Å²) in [6, 6.07) is 8.68. The van der Waals surface area contributed by atoms with Crippen molar-refractivity contribution in [1.29, 1.82) is 0 Å². The molecule has 24 heavy (non-hydrogen) atoms. The summed E-state index contributed by atoms with van der Waals surface area (Å²) in [4.78, 5) is 38.4. The van der Waals surface area contributed by atoms with Gasteiger partial charge in [-0.1, -0.05) is 51.1 Å². The van der Waals surface area contributed by atoms with E-state index in [0.29, 0.717) is 6.42 Å². The molecule has 0 unspecified atom stereocenters. The minimum atomic E-state index is -1.09. The van der Waals surface area contributed by atoms with Crippen molar-refractivity contribution in [3.8, 4) is 0 Å². The molecule has 1 saturated heterocycles. The van der Waals surface area contributed by atoms with Gasteiger partial charge in [0.15, 0.2) is 0 Å². The van der Waals surface area contributed by atoms with Crippen molar-refractivity contribution in [2.75, 3.05) is 6.54 Å². The molecule has 1 atom stereocenters. The number of rotatable bonds is 7. The highest BCUT2D eigenvalue weighted by atomic mass is 16.2. The number of benzene rings is 1. The van der Waals surface area contributed by atoms with Crippen LogP contribution in [0.1, 0.15) is 45.6 Å². The second kappa shape index (κ2) is 7.47. The fourth-order valence-corrected chi connectivity index (χ4v) is 3.04. The Labute approximate surface area is 142 Å². The molecule has 2 N–H and O–H groups in total. The summed E-state index contributed by atoms with van der Waals surface area (Å²) >= 11 is 0. The van der Waals surface area contributed by atoms with Gasteiger partial charge in [0.05, 0.1) is 0 Å². The average Bonchev–Trinajstić information content (AvgIpc) is 2.85. The van der Waals surface area contributed by atoms with Crippen LogP contribution in [0.2, 0.25) is 0 Å². The van der Waals surface area contributed by atoms with Gasteiger partial charge in [-0.15, -0.1) is 0 Å². The minimum absolute atomic E-state index is 0.0586. The predicted molar refractivity (Wildman–Crippen MR) is 91.2 cm³/mol. The number of hydrogen-bond donors (Lipinski definition) is 2. The quantitative estimate of drug-likeness (QED) is 0.752. The molecule has 0 spiro atoms. The molecule has 0 bridgehead atoms. The number of amides is 4. The lowest BCUT2D eigenvalue weighted by atomic mass is 9.87. The zero-order valence-electron chi connectivity index (χ0n) is 14.5. The van der Waals surface area contributed by atoms with Crippen molar-refractivity contribution in [2.45, 2.75) is 51.6 Å². The van der Waals surface area contributed by atoms with Crippen LogP contribution in [0.4, 0.5) is 4.79 Å². The van der Waals surface area contributed by atoms with Crippen LogP contribution in [-0.2, 0) is 15.1 Å². The van der Waals surface area contributed by atoms with Gasteiger partial charge in [-0.2, -0.15) is 0 Å². The summed E-state index contributed by atoms with van der Waals surface area (Å²) in [7, 11) is 0. The Morgan fingerprint density at radius 2 is 1.79 bits per heavy atom. The predicted octanol–water partition coefficient (Wildman–Crippen LogP) is 2.15. The molecule has 1 aromatic carbocycles. The highest BCUT2D eigenvalue weighted by Crippen LogP contribution is 2.32. The standard InChI is InChI=1S/C18H25N3O3/c1-4-14(5-2)19-15(22)12-21-16(23)18(6-3,20-17(21)24)13-10-8-7-9-11-13/h7-11,14H,4-6,12H2,1-3H3,(H,19,22)(H,20,24)/t18-/m0/s1. The Hall–Kier alpha value is -2.37. The van der Waals surface area contributed by atoms with E-state index in [9.17, 15) is 14.4 Å². The van der Waals surface area contributed by atoms with Crippen LogP contribution in [0, 0.1) is 0 Å². The Bertz CT molecular complexity index is 613. The summed E-state index contributed by atoms with van der Waals surface area (Å²) in [5.41, 5.74) is -0.359. The first-order valence-corrected chi connectivity index (χ1v) is 8.47. The van der Waals surface area contributed by atoms with Crippen LogP contribution in [0.25, 0.3) is 0 Å². The molecule has 0 radical (unpaired) electrons. The van der Waals surface area contributed by atoms with Crippen LogP contribution < -0.4 is 10.6 Å². The lowest BCUT2D eigenvalue weighted by molar-refractivity contribution is -0.135. The fraction of sp³-hybridized carbons (Fsp3) is 0.500. The number of carbonyl (C=O) groups excluding carboxylic acids is 3. The molecule has 130 valence electrons. The summed E-state index contributed by atoms with van der Waals surface area (Å²) in [6.45, 7) is 5.56. The fourth-order valence-electron chi connectivity index (χ4n) is 3.04. The van der Waals surface area contributed by atoms with Gasteiger partial charge in [0, 0.05) is 6.04 Å². The third kappa shape index (κ3) is 3.27. The van der Waals surface area contributed by atoms with E-state index in [4.69, 9.17) is 0 Å². The van der Waals surface area contributed by atoms with Gasteiger partial charge in [0.2, 0.25) is 5.91 Å². The van der Waals surface area contributed by atoms with Crippen molar-refractivity contribution in [3.05, 3.63) is 35.9 Å². The smallest absolute Gasteiger partial charge is 0.325 e. The Morgan fingerprint density at radius 1 is 1.17 bits per heavy atom. The normalized spacial score (nSPS) is 20.4. The number of hydrogen-bond acceptors (Lipinski definition) is 3. The lowest BCUT2D eigenvalue weighted by Gasteiger charge is -2.25. The number of nitrogens with one attached hydrogen (secondary N) is 2. The molecule has 1 heterocycles. The van der Waals surface area contributed by atoms with Crippen LogP contribution in [-0.4, -0.2) is 35.3 Å². The maximum atomic E-state index is 12.9. The Morgan fingerprint density at radius 3 is 2.33 bits per heavy atom. The van der Waals surface area contributed by atoms with E-state index in [0.717, 1.165) is 23.3 Å². The highest BCUT2D eigenvalue weighted by molar-refractivity contribution is 6.09. The number of imide groups is 1. The van der Waals surface area contributed by atoms with Gasteiger partial charge >= 0.3 is 6.03 Å². The molecule has 1 fully saturated rings. The number of carbonyl (C=O) groups is 3. The maximum absolute atomic E-state index is 12.9. The summed E-state index contributed by atoms with van der Waals surface area (Å²) in [5.74, 6) is -0.687. The lowest BCUT2D eigenvalue weighted by Crippen LogP contribution is -2.46. The summed E-state index contributed by atoms with van der Waals surface area (Å²) in [5, 5.41) is 5.63. The van der Waals surface area contributed by atoms with Crippen LogP contribution in [0.5, 0.6) is 0 Å². The van der Waals surface area contributed by atoms with E-state index in [-0.39, 0.29) is 24.4 Å². The van der Waals surface area contributed by atoms with Crippen molar-refractivity contribution in [3.63, 3.8) is 0 Å². The Kier molecular flexibility index (Phi) is 5.59. The molecule has 6 heteroatoms. The van der Waals surface area contributed by atoms with E-state index < -0.39 is 11.6 Å².